The topological polar surface area (TPSA) is 60.5 Å². The van der Waals surface area contributed by atoms with E-state index in [0.29, 0.717) is 17.9 Å². The zero-order valence-electron chi connectivity index (χ0n) is 15.1. The first kappa shape index (κ1) is 18.8. The second-order valence-electron chi connectivity index (χ2n) is 5.90. The van der Waals surface area contributed by atoms with E-state index in [0.717, 1.165) is 30.6 Å². The van der Waals surface area contributed by atoms with Gasteiger partial charge in [-0.3, -0.25) is 9.78 Å². The Morgan fingerprint density at radius 2 is 1.92 bits per heavy atom. The summed E-state index contributed by atoms with van der Waals surface area (Å²) in [6, 6.07) is 8.99. The number of aromatic nitrogens is 1. The van der Waals surface area contributed by atoms with Crippen molar-refractivity contribution in [2.24, 2.45) is 0 Å². The Balaban J connectivity index is 2.02. The van der Waals surface area contributed by atoms with Crippen molar-refractivity contribution in [1.82, 2.24) is 10.3 Å². The van der Waals surface area contributed by atoms with E-state index in [4.69, 9.17) is 9.47 Å². The van der Waals surface area contributed by atoms with Crippen LogP contribution in [0.3, 0.4) is 0 Å². The number of pyridine rings is 1. The van der Waals surface area contributed by atoms with Crippen LogP contribution in [0.1, 0.15) is 55.1 Å². The number of benzene rings is 1. The molecule has 5 nitrogen and oxygen atoms in total. The highest BCUT2D eigenvalue weighted by Crippen LogP contribution is 2.30. The van der Waals surface area contributed by atoms with Crippen molar-refractivity contribution >= 4 is 5.91 Å². The molecule has 1 N–H and O–H groups in total. The number of amides is 1. The van der Waals surface area contributed by atoms with E-state index >= 15 is 0 Å². The van der Waals surface area contributed by atoms with Gasteiger partial charge in [0.05, 0.1) is 19.8 Å². The Labute approximate surface area is 149 Å². The van der Waals surface area contributed by atoms with E-state index in [2.05, 4.69) is 17.2 Å². The van der Waals surface area contributed by atoms with Crippen molar-refractivity contribution in [3.63, 3.8) is 0 Å². The van der Waals surface area contributed by atoms with Crippen LogP contribution in [0.15, 0.2) is 42.7 Å². The molecule has 2 aromatic rings. The van der Waals surface area contributed by atoms with E-state index in [1.54, 1.807) is 31.6 Å². The van der Waals surface area contributed by atoms with Crippen LogP contribution in [0.25, 0.3) is 0 Å². The van der Waals surface area contributed by atoms with Gasteiger partial charge in [-0.15, -0.1) is 0 Å². The van der Waals surface area contributed by atoms with Crippen LogP contribution in [-0.4, -0.2) is 24.6 Å². The van der Waals surface area contributed by atoms with Crippen LogP contribution in [-0.2, 0) is 0 Å². The fraction of sp³-hybridized carbons (Fsp3) is 0.400. The van der Waals surface area contributed by atoms with Crippen molar-refractivity contribution in [2.75, 3.05) is 13.7 Å². The maximum atomic E-state index is 12.3. The molecule has 0 unspecified atom stereocenters. The number of nitrogens with zero attached hydrogens (tertiary/aromatic N) is 1. The fourth-order valence-electron chi connectivity index (χ4n) is 2.47. The lowest BCUT2D eigenvalue weighted by atomic mass is 10.1. The molecule has 0 aliphatic heterocycles. The van der Waals surface area contributed by atoms with Gasteiger partial charge in [-0.25, -0.2) is 0 Å². The molecule has 0 aliphatic carbocycles. The lowest BCUT2D eigenvalue weighted by Crippen LogP contribution is -2.26. The van der Waals surface area contributed by atoms with Gasteiger partial charge in [-0.1, -0.05) is 25.8 Å². The minimum atomic E-state index is -0.149. The van der Waals surface area contributed by atoms with Gasteiger partial charge in [0, 0.05) is 18.0 Å². The minimum absolute atomic E-state index is 0.131. The summed E-state index contributed by atoms with van der Waals surface area (Å²) < 4.78 is 11.2. The predicted octanol–water partition coefficient (Wildman–Crippen LogP) is 4.15. The first-order valence-electron chi connectivity index (χ1n) is 8.67. The third-order valence-corrected chi connectivity index (χ3v) is 3.98. The zero-order valence-corrected chi connectivity index (χ0v) is 15.1. The molecule has 0 saturated heterocycles. The zero-order chi connectivity index (χ0) is 18.1. The van der Waals surface area contributed by atoms with Crippen molar-refractivity contribution in [2.45, 2.75) is 39.2 Å². The van der Waals surface area contributed by atoms with Crippen LogP contribution in [0, 0.1) is 0 Å². The minimum Gasteiger partial charge on any atom is -0.493 e. The van der Waals surface area contributed by atoms with Crippen LogP contribution in [0.2, 0.25) is 0 Å². The number of nitrogens with one attached hydrogen (secondary N) is 1. The van der Waals surface area contributed by atoms with Crippen molar-refractivity contribution < 1.29 is 14.3 Å². The normalized spacial score (nSPS) is 11.6. The third-order valence-electron chi connectivity index (χ3n) is 3.98. The molecule has 0 saturated carbocycles. The monoisotopic (exact) mass is 342 g/mol. The number of carbonyl (C=O) groups excluding carboxylic acids is 1. The summed E-state index contributed by atoms with van der Waals surface area (Å²) in [5.41, 5.74) is 1.55. The van der Waals surface area contributed by atoms with Gasteiger partial charge < -0.3 is 14.8 Å². The largest absolute Gasteiger partial charge is 0.493 e. The number of hydrogen-bond acceptors (Lipinski definition) is 4. The highest BCUT2D eigenvalue weighted by atomic mass is 16.5. The average Bonchev–Trinajstić information content (AvgIpc) is 2.65. The molecular weight excluding hydrogens is 316 g/mol. The van der Waals surface area contributed by atoms with Crippen molar-refractivity contribution in [3.05, 3.63) is 53.9 Å². The maximum absolute atomic E-state index is 12.3. The highest BCUT2D eigenvalue weighted by Gasteiger charge is 2.14. The van der Waals surface area contributed by atoms with Gasteiger partial charge in [0.2, 0.25) is 0 Å². The van der Waals surface area contributed by atoms with Gasteiger partial charge in [-0.2, -0.15) is 0 Å². The first-order chi connectivity index (χ1) is 12.2. The number of hydrogen-bond donors (Lipinski definition) is 1. The Morgan fingerprint density at radius 3 is 2.60 bits per heavy atom. The van der Waals surface area contributed by atoms with Crippen molar-refractivity contribution in [1.29, 1.82) is 0 Å². The Kier molecular flexibility index (Phi) is 7.26. The van der Waals surface area contributed by atoms with E-state index in [1.807, 2.05) is 25.1 Å². The average molecular weight is 342 g/mol. The first-order valence-corrected chi connectivity index (χ1v) is 8.67. The molecule has 0 spiro atoms. The summed E-state index contributed by atoms with van der Waals surface area (Å²) in [5, 5.41) is 2.98. The van der Waals surface area contributed by atoms with Crippen LogP contribution in [0.5, 0.6) is 11.5 Å². The Hall–Kier alpha value is -2.56. The summed E-state index contributed by atoms with van der Waals surface area (Å²) in [4.78, 5) is 16.2. The SMILES string of the molecule is CCCCCOc1ccc([C@@H](C)NC(=O)c2ccncc2)cc1OC. The van der Waals surface area contributed by atoms with Gasteiger partial charge in [0.1, 0.15) is 0 Å². The molecular formula is C20H26N2O3. The molecule has 0 bridgehead atoms. The molecule has 0 aliphatic rings. The summed E-state index contributed by atoms with van der Waals surface area (Å²) in [6.45, 7) is 4.78. The number of ether oxygens (including phenoxy) is 2. The lowest BCUT2D eigenvalue weighted by Gasteiger charge is -2.17. The number of rotatable bonds is 9. The fourth-order valence-corrected chi connectivity index (χ4v) is 2.47. The molecule has 1 aromatic heterocycles. The highest BCUT2D eigenvalue weighted by molar-refractivity contribution is 5.94. The van der Waals surface area contributed by atoms with E-state index < -0.39 is 0 Å². The molecule has 5 heteroatoms. The number of carbonyl (C=O) groups is 1. The Bertz CT molecular complexity index is 674. The molecule has 2 rings (SSSR count). The summed E-state index contributed by atoms with van der Waals surface area (Å²) in [7, 11) is 1.62. The van der Waals surface area contributed by atoms with Gasteiger partial charge in [-0.05, 0) is 43.2 Å². The molecule has 25 heavy (non-hydrogen) atoms. The summed E-state index contributed by atoms with van der Waals surface area (Å²) >= 11 is 0. The number of unbranched alkanes of at least 4 members (excludes halogenated alkanes) is 2. The molecule has 0 radical (unpaired) electrons. The van der Waals surface area contributed by atoms with E-state index in [1.165, 1.54) is 0 Å². The molecule has 1 atom stereocenters. The standard InChI is InChI=1S/C20H26N2O3/c1-4-5-6-13-25-18-8-7-17(14-19(18)24-3)15(2)22-20(23)16-9-11-21-12-10-16/h7-12,14-15H,4-6,13H2,1-3H3,(H,22,23)/t15-/m1/s1. The predicted molar refractivity (Wildman–Crippen MR) is 98.1 cm³/mol. The van der Waals surface area contributed by atoms with Gasteiger partial charge in [0.25, 0.3) is 5.91 Å². The lowest BCUT2D eigenvalue weighted by molar-refractivity contribution is 0.0939. The van der Waals surface area contributed by atoms with Gasteiger partial charge >= 0.3 is 0 Å². The molecule has 1 aromatic carbocycles. The Morgan fingerprint density at radius 1 is 1.16 bits per heavy atom. The smallest absolute Gasteiger partial charge is 0.251 e. The maximum Gasteiger partial charge on any atom is 0.251 e. The summed E-state index contributed by atoms with van der Waals surface area (Å²) in [6.07, 6.45) is 6.55. The van der Waals surface area contributed by atoms with E-state index in [-0.39, 0.29) is 11.9 Å². The second kappa shape index (κ2) is 9.67. The second-order valence-corrected chi connectivity index (χ2v) is 5.90. The molecule has 1 amide bonds. The third kappa shape index (κ3) is 5.48. The van der Waals surface area contributed by atoms with Crippen LogP contribution >= 0.6 is 0 Å². The van der Waals surface area contributed by atoms with E-state index in [9.17, 15) is 4.79 Å². The summed E-state index contributed by atoms with van der Waals surface area (Å²) in [5.74, 6) is 1.28. The molecule has 0 fully saturated rings. The number of methoxy groups -OCH3 is 1. The van der Waals surface area contributed by atoms with Crippen LogP contribution < -0.4 is 14.8 Å². The van der Waals surface area contributed by atoms with Crippen molar-refractivity contribution in [3.8, 4) is 11.5 Å². The quantitative estimate of drug-likeness (QED) is 0.696. The van der Waals surface area contributed by atoms with Crippen LogP contribution in [0.4, 0.5) is 0 Å². The van der Waals surface area contributed by atoms with Gasteiger partial charge in [0.15, 0.2) is 11.5 Å². The molecule has 134 valence electrons. The molecule has 1 heterocycles.